The molecule has 1 amide bonds. The number of guanidine groups is 1. The van der Waals surface area contributed by atoms with Gasteiger partial charge in [-0.1, -0.05) is 32.9 Å². The van der Waals surface area contributed by atoms with Crippen molar-refractivity contribution in [2.24, 2.45) is 4.99 Å². The Labute approximate surface area is 222 Å². The molecule has 1 aromatic heterocycles. The quantitative estimate of drug-likeness (QED) is 0.318. The number of carbonyl (C=O) groups is 2. The summed E-state index contributed by atoms with van der Waals surface area (Å²) in [5, 5.41) is 15.5. The van der Waals surface area contributed by atoms with Crippen LogP contribution in [0.15, 0.2) is 46.3 Å². The highest BCUT2D eigenvalue weighted by Gasteiger charge is 2.27. The zero-order valence-corrected chi connectivity index (χ0v) is 23.2. The number of benzene rings is 1. The molecule has 0 radical (unpaired) electrons. The smallest absolute Gasteiger partial charge is 0.322 e. The van der Waals surface area contributed by atoms with E-state index in [1.54, 1.807) is 12.1 Å². The van der Waals surface area contributed by atoms with Crippen molar-refractivity contribution in [1.82, 2.24) is 15.4 Å². The number of thiophene rings is 1. The summed E-state index contributed by atoms with van der Waals surface area (Å²) < 4.78 is 28.0. The van der Waals surface area contributed by atoms with Gasteiger partial charge in [-0.2, -0.15) is 4.72 Å². The Balaban J connectivity index is 1.50. The van der Waals surface area contributed by atoms with Crippen LogP contribution < -0.4 is 15.4 Å². The molecule has 9 nitrogen and oxygen atoms in total. The molecule has 1 aliphatic rings. The van der Waals surface area contributed by atoms with Crippen LogP contribution in [0.1, 0.15) is 61.8 Å². The van der Waals surface area contributed by atoms with E-state index in [1.807, 2.05) is 32.9 Å². The van der Waals surface area contributed by atoms with Gasteiger partial charge in [0.05, 0.1) is 4.90 Å². The van der Waals surface area contributed by atoms with E-state index >= 15 is 0 Å². The van der Waals surface area contributed by atoms with Crippen LogP contribution >= 0.6 is 11.3 Å². The fourth-order valence-electron chi connectivity index (χ4n) is 3.83. The summed E-state index contributed by atoms with van der Waals surface area (Å²) in [7, 11) is -3.99. The Kier molecular flexibility index (Phi) is 9.86. The van der Waals surface area contributed by atoms with Gasteiger partial charge in [0.1, 0.15) is 6.04 Å². The highest BCUT2D eigenvalue weighted by Crippen LogP contribution is 2.24. The van der Waals surface area contributed by atoms with Crippen molar-refractivity contribution >= 4 is 39.2 Å². The SMILES string of the molecule is CC(C)(C)c1ccc(S(=O)(=O)NC(Cc2ccc(CCCCC(=O)NC3=NCCCN3)s2)C(=O)O)cc1. The Hall–Kier alpha value is -2.76. The van der Waals surface area contributed by atoms with Crippen molar-refractivity contribution in [2.45, 2.75) is 75.6 Å². The van der Waals surface area contributed by atoms with Crippen LogP contribution in [0.25, 0.3) is 0 Å². The van der Waals surface area contributed by atoms with Crippen LogP contribution in [-0.2, 0) is 37.9 Å². The molecular formula is C26H36N4O5S2. The minimum Gasteiger partial charge on any atom is -0.480 e. The minimum atomic E-state index is -3.99. The van der Waals surface area contributed by atoms with Gasteiger partial charge in [-0.05, 0) is 60.9 Å². The van der Waals surface area contributed by atoms with Gasteiger partial charge in [0.2, 0.25) is 15.9 Å². The van der Waals surface area contributed by atoms with Crippen LogP contribution in [0.3, 0.4) is 0 Å². The first kappa shape index (κ1) is 28.8. The molecule has 4 N–H and O–H groups in total. The maximum absolute atomic E-state index is 12.8. The number of carbonyl (C=O) groups excluding carboxylic acids is 1. The molecule has 1 unspecified atom stereocenters. The van der Waals surface area contributed by atoms with Crippen molar-refractivity contribution in [3.8, 4) is 0 Å². The van der Waals surface area contributed by atoms with Gasteiger partial charge in [0.15, 0.2) is 5.96 Å². The van der Waals surface area contributed by atoms with Gasteiger partial charge in [-0.15, -0.1) is 11.3 Å². The molecule has 0 saturated heterocycles. The Morgan fingerprint density at radius 1 is 1.11 bits per heavy atom. The van der Waals surface area contributed by atoms with Crippen LogP contribution in [-0.4, -0.2) is 50.5 Å². The monoisotopic (exact) mass is 548 g/mol. The van der Waals surface area contributed by atoms with Gasteiger partial charge in [0, 0.05) is 35.7 Å². The standard InChI is InChI=1S/C26H36N4O5S2/c1-26(2,3)18-9-13-21(14-10-18)37(34,35)30-22(24(32)33)17-20-12-11-19(36-20)7-4-5-8-23(31)29-25-27-15-6-16-28-25/h9-14,22,30H,4-8,15-17H2,1-3H3,(H,32,33)(H2,27,28,29,31). The van der Waals surface area contributed by atoms with Crippen LogP contribution in [0, 0.1) is 0 Å². The fourth-order valence-corrected chi connectivity index (χ4v) is 6.13. The molecule has 1 aromatic carbocycles. The van der Waals surface area contributed by atoms with Gasteiger partial charge in [-0.3, -0.25) is 19.9 Å². The number of aryl methyl sites for hydroxylation is 1. The molecule has 0 bridgehead atoms. The highest BCUT2D eigenvalue weighted by atomic mass is 32.2. The lowest BCUT2D eigenvalue weighted by Crippen LogP contribution is -2.43. The highest BCUT2D eigenvalue weighted by molar-refractivity contribution is 7.89. The largest absolute Gasteiger partial charge is 0.480 e. The maximum atomic E-state index is 12.8. The Morgan fingerprint density at radius 3 is 2.43 bits per heavy atom. The second-order valence-electron chi connectivity index (χ2n) is 10.1. The number of amides is 1. The second kappa shape index (κ2) is 12.7. The van der Waals surface area contributed by atoms with E-state index in [2.05, 4.69) is 20.3 Å². The predicted molar refractivity (Wildman–Crippen MR) is 146 cm³/mol. The summed E-state index contributed by atoms with van der Waals surface area (Å²) >= 11 is 1.46. The van der Waals surface area contributed by atoms with Crippen molar-refractivity contribution < 1.29 is 23.1 Å². The van der Waals surface area contributed by atoms with E-state index in [4.69, 9.17) is 0 Å². The number of carboxylic acids is 1. The number of aliphatic imine (C=N–C) groups is 1. The molecule has 37 heavy (non-hydrogen) atoms. The lowest BCUT2D eigenvalue weighted by atomic mass is 9.87. The van der Waals surface area contributed by atoms with Gasteiger partial charge >= 0.3 is 5.97 Å². The molecule has 1 aliphatic heterocycles. The summed E-state index contributed by atoms with van der Waals surface area (Å²) in [5.41, 5.74) is 0.869. The first-order valence-electron chi connectivity index (χ1n) is 12.5. The Bertz CT molecular complexity index is 1210. The molecule has 0 fully saturated rings. The molecule has 0 aliphatic carbocycles. The summed E-state index contributed by atoms with van der Waals surface area (Å²) in [4.78, 5) is 30.0. The zero-order chi connectivity index (χ0) is 27.1. The number of sulfonamides is 1. The molecule has 11 heteroatoms. The summed E-state index contributed by atoms with van der Waals surface area (Å²) in [6.45, 7) is 7.64. The maximum Gasteiger partial charge on any atom is 0.322 e. The van der Waals surface area contributed by atoms with E-state index in [0.29, 0.717) is 12.4 Å². The number of nitrogens with zero attached hydrogens (tertiary/aromatic N) is 1. The molecule has 3 rings (SSSR count). The summed E-state index contributed by atoms with van der Waals surface area (Å²) in [6, 6.07) is 9.00. The average molecular weight is 549 g/mol. The van der Waals surface area contributed by atoms with Crippen molar-refractivity contribution in [3.05, 3.63) is 51.7 Å². The molecule has 202 valence electrons. The zero-order valence-electron chi connectivity index (χ0n) is 21.5. The third-order valence-corrected chi connectivity index (χ3v) is 8.64. The van der Waals surface area contributed by atoms with E-state index < -0.39 is 22.0 Å². The van der Waals surface area contributed by atoms with Gasteiger partial charge in [0.25, 0.3) is 0 Å². The molecular weight excluding hydrogens is 512 g/mol. The summed E-state index contributed by atoms with van der Waals surface area (Å²) in [6.07, 6.45) is 3.72. The van der Waals surface area contributed by atoms with Crippen molar-refractivity contribution in [3.63, 3.8) is 0 Å². The van der Waals surface area contributed by atoms with E-state index in [0.717, 1.165) is 54.1 Å². The van der Waals surface area contributed by atoms with Crippen molar-refractivity contribution in [2.75, 3.05) is 13.1 Å². The topological polar surface area (TPSA) is 137 Å². The second-order valence-corrected chi connectivity index (χ2v) is 13.1. The first-order chi connectivity index (χ1) is 17.4. The number of carboxylic acid groups (broad SMARTS) is 1. The van der Waals surface area contributed by atoms with Crippen LogP contribution in [0.5, 0.6) is 0 Å². The fraction of sp³-hybridized carbons (Fsp3) is 0.500. The van der Waals surface area contributed by atoms with Gasteiger partial charge in [-0.25, -0.2) is 8.42 Å². The normalized spacial score (nSPS) is 14.9. The number of nitrogens with one attached hydrogen (secondary N) is 3. The average Bonchev–Trinajstić information content (AvgIpc) is 3.28. The van der Waals surface area contributed by atoms with E-state index in [1.165, 1.54) is 23.5 Å². The number of hydrogen-bond acceptors (Lipinski definition) is 7. The molecule has 2 aromatic rings. The minimum absolute atomic E-state index is 0.0361. The number of aliphatic carboxylic acids is 1. The van der Waals surface area contributed by atoms with Gasteiger partial charge < -0.3 is 10.4 Å². The number of rotatable bonds is 11. The third kappa shape index (κ3) is 8.94. The molecule has 0 saturated carbocycles. The number of hydrogen-bond donors (Lipinski definition) is 4. The molecule has 2 heterocycles. The Morgan fingerprint density at radius 2 is 1.81 bits per heavy atom. The van der Waals surface area contributed by atoms with E-state index in [9.17, 15) is 23.1 Å². The lowest BCUT2D eigenvalue weighted by Gasteiger charge is -2.19. The predicted octanol–water partition coefficient (Wildman–Crippen LogP) is 3.20. The summed E-state index contributed by atoms with van der Waals surface area (Å²) in [5.74, 6) is -0.748. The number of unbranched alkanes of at least 4 members (excludes halogenated alkanes) is 1. The first-order valence-corrected chi connectivity index (χ1v) is 14.8. The molecule has 1 atom stereocenters. The van der Waals surface area contributed by atoms with Crippen LogP contribution in [0.4, 0.5) is 0 Å². The van der Waals surface area contributed by atoms with E-state index in [-0.39, 0.29) is 22.6 Å². The third-order valence-electron chi connectivity index (χ3n) is 5.98. The lowest BCUT2D eigenvalue weighted by molar-refractivity contribution is -0.138. The van der Waals surface area contributed by atoms with Crippen molar-refractivity contribution in [1.29, 1.82) is 0 Å². The van der Waals surface area contributed by atoms with Crippen LogP contribution in [0.2, 0.25) is 0 Å². The molecule has 0 spiro atoms.